The van der Waals surface area contributed by atoms with Gasteiger partial charge in [-0.15, -0.1) is 0 Å². The number of hydrogen-bond acceptors (Lipinski definition) is 4. The number of ether oxygens (including phenoxy) is 1. The summed E-state index contributed by atoms with van der Waals surface area (Å²) in [5, 5.41) is 3.64. The number of nitrogens with zero attached hydrogens (tertiary/aromatic N) is 1. The van der Waals surface area contributed by atoms with Gasteiger partial charge < -0.3 is 14.5 Å². The first-order chi connectivity index (χ1) is 15.5. The summed E-state index contributed by atoms with van der Waals surface area (Å²) in [6, 6.07) is 16.7. The van der Waals surface area contributed by atoms with E-state index in [9.17, 15) is 4.79 Å². The third kappa shape index (κ3) is 4.79. The van der Waals surface area contributed by atoms with Crippen LogP contribution in [0.5, 0.6) is 5.75 Å². The van der Waals surface area contributed by atoms with Crippen molar-refractivity contribution in [1.29, 1.82) is 0 Å². The van der Waals surface area contributed by atoms with E-state index in [4.69, 9.17) is 32.4 Å². The second kappa shape index (κ2) is 9.47. The number of nitrogens with one attached hydrogen (secondary N) is 1. The normalized spacial score (nSPS) is 11.2. The Kier molecular flexibility index (Phi) is 6.49. The van der Waals surface area contributed by atoms with E-state index in [1.54, 1.807) is 36.4 Å². The SMILES string of the molecule is CCc1ccc(-c2nc3cc(NC(=O)/C=C/c4cc(Cl)cc(Cl)c4OC)ccc3o2)cc1. The number of oxazole rings is 1. The van der Waals surface area contributed by atoms with Gasteiger partial charge >= 0.3 is 0 Å². The highest BCUT2D eigenvalue weighted by molar-refractivity contribution is 6.36. The molecule has 7 heteroatoms. The van der Waals surface area contributed by atoms with Crippen molar-refractivity contribution in [3.63, 3.8) is 0 Å². The molecule has 32 heavy (non-hydrogen) atoms. The molecule has 0 spiro atoms. The third-order valence-electron chi connectivity index (χ3n) is 4.92. The number of hydrogen-bond donors (Lipinski definition) is 1. The van der Waals surface area contributed by atoms with Crippen LogP contribution >= 0.6 is 23.2 Å². The van der Waals surface area contributed by atoms with E-state index in [0.717, 1.165) is 12.0 Å². The highest BCUT2D eigenvalue weighted by atomic mass is 35.5. The van der Waals surface area contributed by atoms with Crippen LogP contribution in [0.15, 0.2) is 65.1 Å². The van der Waals surface area contributed by atoms with Crippen molar-refractivity contribution in [2.45, 2.75) is 13.3 Å². The van der Waals surface area contributed by atoms with Gasteiger partial charge in [0.25, 0.3) is 0 Å². The van der Waals surface area contributed by atoms with Gasteiger partial charge in [-0.1, -0.05) is 42.3 Å². The van der Waals surface area contributed by atoms with Crippen LogP contribution in [0.25, 0.3) is 28.6 Å². The lowest BCUT2D eigenvalue weighted by Gasteiger charge is -2.08. The highest BCUT2D eigenvalue weighted by Gasteiger charge is 2.11. The first kappa shape index (κ1) is 21.9. The minimum absolute atomic E-state index is 0.318. The largest absolute Gasteiger partial charge is 0.495 e. The monoisotopic (exact) mass is 466 g/mol. The molecular weight excluding hydrogens is 447 g/mol. The Balaban J connectivity index is 1.52. The first-order valence-electron chi connectivity index (χ1n) is 9.99. The summed E-state index contributed by atoms with van der Waals surface area (Å²) in [7, 11) is 1.51. The van der Waals surface area contributed by atoms with E-state index in [2.05, 4.69) is 29.4 Å². The predicted molar refractivity (Wildman–Crippen MR) is 130 cm³/mol. The number of carbonyl (C=O) groups is 1. The van der Waals surface area contributed by atoms with E-state index in [0.29, 0.717) is 44.0 Å². The van der Waals surface area contributed by atoms with Crippen LogP contribution in [0, 0.1) is 0 Å². The zero-order valence-corrected chi connectivity index (χ0v) is 19.0. The summed E-state index contributed by atoms with van der Waals surface area (Å²) in [5.74, 6) is 0.668. The molecule has 0 atom stereocenters. The molecule has 0 radical (unpaired) electrons. The molecule has 0 bridgehead atoms. The van der Waals surface area contributed by atoms with Crippen LogP contribution in [0.1, 0.15) is 18.1 Å². The van der Waals surface area contributed by atoms with Gasteiger partial charge in [-0.3, -0.25) is 4.79 Å². The number of halogens is 2. The van der Waals surface area contributed by atoms with Crippen molar-refractivity contribution in [2.75, 3.05) is 12.4 Å². The van der Waals surface area contributed by atoms with Crippen molar-refractivity contribution < 1.29 is 13.9 Å². The number of methoxy groups -OCH3 is 1. The number of aromatic nitrogens is 1. The Bertz CT molecular complexity index is 1310. The Hall–Kier alpha value is -3.28. The van der Waals surface area contributed by atoms with Gasteiger partial charge in [0.2, 0.25) is 11.8 Å². The van der Waals surface area contributed by atoms with Gasteiger partial charge in [0.1, 0.15) is 11.3 Å². The Labute approximate surface area is 195 Å². The molecule has 0 aliphatic rings. The molecular formula is C25H20Cl2N2O3. The summed E-state index contributed by atoms with van der Waals surface area (Å²) in [6.07, 6.45) is 3.96. The van der Waals surface area contributed by atoms with Gasteiger partial charge in [-0.05, 0) is 60.5 Å². The molecule has 0 aliphatic carbocycles. The molecule has 1 aromatic heterocycles. The maximum Gasteiger partial charge on any atom is 0.248 e. The Morgan fingerprint density at radius 2 is 1.91 bits per heavy atom. The number of aryl methyl sites for hydroxylation is 1. The van der Waals surface area contributed by atoms with Crippen molar-refractivity contribution in [3.8, 4) is 17.2 Å². The van der Waals surface area contributed by atoms with E-state index < -0.39 is 0 Å². The van der Waals surface area contributed by atoms with Crippen molar-refractivity contribution in [2.24, 2.45) is 0 Å². The molecule has 1 N–H and O–H groups in total. The van der Waals surface area contributed by atoms with Gasteiger partial charge in [-0.25, -0.2) is 4.98 Å². The maximum absolute atomic E-state index is 12.4. The second-order valence-electron chi connectivity index (χ2n) is 7.08. The van der Waals surface area contributed by atoms with Gasteiger partial charge in [0.15, 0.2) is 5.58 Å². The van der Waals surface area contributed by atoms with Crippen LogP contribution in [0.4, 0.5) is 5.69 Å². The van der Waals surface area contributed by atoms with Crippen molar-refractivity contribution in [3.05, 3.63) is 81.8 Å². The molecule has 0 aliphatic heterocycles. The molecule has 5 nitrogen and oxygen atoms in total. The van der Waals surface area contributed by atoms with Crippen molar-refractivity contribution in [1.82, 2.24) is 4.98 Å². The smallest absolute Gasteiger partial charge is 0.248 e. The zero-order chi connectivity index (χ0) is 22.7. The molecule has 4 rings (SSSR count). The van der Waals surface area contributed by atoms with Gasteiger partial charge in [0, 0.05) is 27.9 Å². The highest BCUT2D eigenvalue weighted by Crippen LogP contribution is 2.33. The zero-order valence-electron chi connectivity index (χ0n) is 17.5. The summed E-state index contributed by atoms with van der Waals surface area (Å²) >= 11 is 12.2. The minimum Gasteiger partial charge on any atom is -0.495 e. The van der Waals surface area contributed by atoms with Crippen LogP contribution in [-0.4, -0.2) is 18.0 Å². The Morgan fingerprint density at radius 1 is 1.12 bits per heavy atom. The second-order valence-corrected chi connectivity index (χ2v) is 7.93. The van der Waals surface area contributed by atoms with Crippen LogP contribution in [0.3, 0.4) is 0 Å². The number of anilines is 1. The third-order valence-corrected chi connectivity index (χ3v) is 5.42. The standard InChI is InChI=1S/C25H20Cl2N2O3/c1-3-15-4-6-16(7-5-15)25-29-21-14-19(9-10-22(21)32-25)28-23(30)11-8-17-12-18(26)13-20(27)24(17)31-2/h4-14H,3H2,1-2H3,(H,28,30)/b11-8+. The summed E-state index contributed by atoms with van der Waals surface area (Å²) in [5.41, 5.74) is 4.66. The Morgan fingerprint density at radius 3 is 2.62 bits per heavy atom. The minimum atomic E-state index is -0.318. The van der Waals surface area contributed by atoms with Gasteiger partial charge in [0.05, 0.1) is 12.1 Å². The molecule has 0 saturated carbocycles. The number of rotatable bonds is 6. The van der Waals surface area contributed by atoms with E-state index in [-0.39, 0.29) is 5.91 Å². The molecule has 1 heterocycles. The molecule has 3 aromatic carbocycles. The maximum atomic E-state index is 12.4. The molecule has 0 fully saturated rings. The van der Waals surface area contributed by atoms with Crippen LogP contribution < -0.4 is 10.1 Å². The first-order valence-corrected chi connectivity index (χ1v) is 10.7. The lowest BCUT2D eigenvalue weighted by atomic mass is 10.1. The fourth-order valence-electron chi connectivity index (χ4n) is 3.28. The fraction of sp³-hybridized carbons (Fsp3) is 0.120. The summed E-state index contributed by atoms with van der Waals surface area (Å²) in [4.78, 5) is 17.0. The lowest BCUT2D eigenvalue weighted by Crippen LogP contribution is -2.07. The van der Waals surface area contributed by atoms with E-state index in [1.165, 1.54) is 18.7 Å². The average Bonchev–Trinajstić information content (AvgIpc) is 3.21. The summed E-state index contributed by atoms with van der Waals surface area (Å²) < 4.78 is 11.2. The van der Waals surface area contributed by atoms with Crippen molar-refractivity contribution >= 4 is 52.0 Å². The van der Waals surface area contributed by atoms with E-state index >= 15 is 0 Å². The average molecular weight is 467 g/mol. The molecule has 162 valence electrons. The lowest BCUT2D eigenvalue weighted by molar-refractivity contribution is -0.111. The predicted octanol–water partition coefficient (Wildman–Crippen LogP) is 7.02. The number of amides is 1. The number of benzene rings is 3. The molecule has 0 saturated heterocycles. The number of fused-ring (bicyclic) bond motifs is 1. The molecule has 0 unspecified atom stereocenters. The quantitative estimate of drug-likeness (QED) is 0.310. The molecule has 1 amide bonds. The topological polar surface area (TPSA) is 64.4 Å². The van der Waals surface area contributed by atoms with E-state index in [1.807, 2.05) is 12.1 Å². The fourth-order valence-corrected chi connectivity index (χ4v) is 3.87. The van der Waals surface area contributed by atoms with Crippen LogP contribution in [0.2, 0.25) is 10.0 Å². The molecule has 4 aromatic rings. The number of carbonyl (C=O) groups excluding carboxylic acids is 1. The van der Waals surface area contributed by atoms with Gasteiger partial charge in [-0.2, -0.15) is 0 Å². The van der Waals surface area contributed by atoms with Crippen LogP contribution in [-0.2, 0) is 11.2 Å². The summed E-state index contributed by atoms with van der Waals surface area (Å²) in [6.45, 7) is 2.11.